The first-order valence-corrected chi connectivity index (χ1v) is 9.84. The zero-order valence-electron chi connectivity index (χ0n) is 17.4. The standard InChI is InChI=1S/C22H28N4O3/c1-22(2,29-4)21(28)26-11-9-15(10-12-26)18-7-5-16(13-24-18)17-6-8-19(25-14-17)20(27)23-3/h5-8,13-15H,9-12H2,1-4H3,(H,23,27). The predicted molar refractivity (Wildman–Crippen MR) is 111 cm³/mol. The van der Waals surface area contributed by atoms with E-state index in [1.54, 1.807) is 40.3 Å². The number of rotatable bonds is 5. The Labute approximate surface area is 171 Å². The molecule has 0 unspecified atom stereocenters. The fraction of sp³-hybridized carbons (Fsp3) is 0.455. The SMILES string of the molecule is CNC(=O)c1ccc(-c2ccc(C3CCN(C(=O)C(C)(C)OC)CC3)nc2)cn1. The summed E-state index contributed by atoms with van der Waals surface area (Å²) in [6, 6.07) is 7.65. The maximum Gasteiger partial charge on any atom is 0.269 e. The Hall–Kier alpha value is -2.80. The van der Waals surface area contributed by atoms with Gasteiger partial charge in [-0.25, -0.2) is 0 Å². The minimum absolute atomic E-state index is 0.0365. The number of aromatic nitrogens is 2. The average Bonchev–Trinajstić information content (AvgIpc) is 2.78. The van der Waals surface area contributed by atoms with Gasteiger partial charge in [-0.3, -0.25) is 19.6 Å². The number of carbonyl (C=O) groups excluding carboxylic acids is 2. The number of nitrogens with zero attached hydrogens (tertiary/aromatic N) is 3. The molecule has 1 fully saturated rings. The molecule has 3 heterocycles. The van der Waals surface area contributed by atoms with Crippen LogP contribution in [0.4, 0.5) is 0 Å². The summed E-state index contributed by atoms with van der Waals surface area (Å²) in [5.41, 5.74) is 2.52. The van der Waals surface area contributed by atoms with E-state index >= 15 is 0 Å². The molecule has 0 aliphatic carbocycles. The Bertz CT molecular complexity index is 855. The molecule has 7 heteroatoms. The number of likely N-dealkylation sites (tertiary alicyclic amines) is 1. The molecule has 0 radical (unpaired) electrons. The fourth-order valence-electron chi connectivity index (χ4n) is 3.49. The zero-order chi connectivity index (χ0) is 21.0. The molecule has 1 aliphatic rings. The average molecular weight is 396 g/mol. The van der Waals surface area contributed by atoms with Gasteiger partial charge in [-0.05, 0) is 38.8 Å². The second-order valence-electron chi connectivity index (χ2n) is 7.76. The van der Waals surface area contributed by atoms with Crippen LogP contribution < -0.4 is 5.32 Å². The van der Waals surface area contributed by atoms with Crippen LogP contribution in [0.1, 0.15) is 48.8 Å². The highest BCUT2D eigenvalue weighted by Gasteiger charge is 2.34. The molecule has 7 nitrogen and oxygen atoms in total. The van der Waals surface area contributed by atoms with Crippen LogP contribution in [0.2, 0.25) is 0 Å². The Kier molecular flexibility index (Phi) is 6.27. The van der Waals surface area contributed by atoms with E-state index in [2.05, 4.69) is 15.3 Å². The molecule has 1 aliphatic heterocycles. The number of methoxy groups -OCH3 is 1. The Morgan fingerprint density at radius 3 is 2.17 bits per heavy atom. The molecule has 29 heavy (non-hydrogen) atoms. The van der Waals surface area contributed by atoms with Gasteiger partial charge in [0.25, 0.3) is 11.8 Å². The molecule has 0 atom stereocenters. The van der Waals surface area contributed by atoms with Gasteiger partial charge in [0, 0.05) is 62.4 Å². The van der Waals surface area contributed by atoms with Crippen LogP contribution in [0.15, 0.2) is 36.7 Å². The van der Waals surface area contributed by atoms with Crippen LogP contribution in [-0.4, -0.2) is 59.5 Å². The molecule has 2 aromatic heterocycles. The molecule has 0 aromatic carbocycles. The van der Waals surface area contributed by atoms with Crippen molar-refractivity contribution in [2.24, 2.45) is 0 Å². The second-order valence-corrected chi connectivity index (χ2v) is 7.76. The smallest absolute Gasteiger partial charge is 0.269 e. The van der Waals surface area contributed by atoms with Crippen LogP contribution in [0, 0.1) is 0 Å². The summed E-state index contributed by atoms with van der Waals surface area (Å²) in [7, 11) is 3.15. The lowest BCUT2D eigenvalue weighted by molar-refractivity contribution is -0.152. The van der Waals surface area contributed by atoms with Gasteiger partial charge in [0.05, 0.1) is 0 Å². The molecule has 1 saturated heterocycles. The van der Waals surface area contributed by atoms with Crippen molar-refractivity contribution in [3.05, 3.63) is 48.0 Å². The molecule has 3 rings (SSSR count). The molecule has 0 spiro atoms. The van der Waals surface area contributed by atoms with Gasteiger partial charge >= 0.3 is 0 Å². The molecule has 0 bridgehead atoms. The van der Waals surface area contributed by atoms with Gasteiger partial charge in [-0.15, -0.1) is 0 Å². The number of nitrogens with one attached hydrogen (secondary N) is 1. The summed E-state index contributed by atoms with van der Waals surface area (Å²) in [6.07, 6.45) is 5.31. The third kappa shape index (κ3) is 4.62. The largest absolute Gasteiger partial charge is 0.369 e. The molecule has 154 valence electrons. The first-order chi connectivity index (χ1) is 13.9. The van der Waals surface area contributed by atoms with Crippen LogP contribution >= 0.6 is 0 Å². The Morgan fingerprint density at radius 2 is 1.69 bits per heavy atom. The normalized spacial score (nSPS) is 15.2. The maximum atomic E-state index is 12.5. The topological polar surface area (TPSA) is 84.4 Å². The third-order valence-electron chi connectivity index (χ3n) is 5.57. The third-order valence-corrected chi connectivity index (χ3v) is 5.57. The summed E-state index contributed by atoms with van der Waals surface area (Å²) >= 11 is 0. The molecule has 2 aromatic rings. The van der Waals surface area contributed by atoms with E-state index in [4.69, 9.17) is 4.74 Å². The summed E-state index contributed by atoms with van der Waals surface area (Å²) in [6.45, 7) is 5.03. The highest BCUT2D eigenvalue weighted by Crippen LogP contribution is 2.29. The fourth-order valence-corrected chi connectivity index (χ4v) is 3.49. The van der Waals surface area contributed by atoms with E-state index in [1.807, 2.05) is 29.3 Å². The number of pyridine rings is 2. The second kappa shape index (κ2) is 8.69. The van der Waals surface area contributed by atoms with E-state index in [9.17, 15) is 9.59 Å². The summed E-state index contributed by atoms with van der Waals surface area (Å²) in [5, 5.41) is 2.56. The van der Waals surface area contributed by atoms with Gasteiger partial charge < -0.3 is 15.0 Å². The number of piperidine rings is 1. The van der Waals surface area contributed by atoms with Crippen molar-refractivity contribution in [3.8, 4) is 11.1 Å². The van der Waals surface area contributed by atoms with Crippen molar-refractivity contribution >= 4 is 11.8 Å². The van der Waals surface area contributed by atoms with Gasteiger partial charge in [0.15, 0.2) is 0 Å². The molecular formula is C22H28N4O3. The molecule has 0 saturated carbocycles. The minimum atomic E-state index is -0.784. The minimum Gasteiger partial charge on any atom is -0.369 e. The zero-order valence-corrected chi connectivity index (χ0v) is 17.4. The van der Waals surface area contributed by atoms with Gasteiger partial charge in [-0.2, -0.15) is 0 Å². The van der Waals surface area contributed by atoms with Gasteiger partial charge in [0.1, 0.15) is 11.3 Å². The monoisotopic (exact) mass is 396 g/mol. The lowest BCUT2D eigenvalue weighted by Crippen LogP contribution is -2.49. The van der Waals surface area contributed by atoms with Crippen molar-refractivity contribution < 1.29 is 14.3 Å². The Morgan fingerprint density at radius 1 is 1.07 bits per heavy atom. The quantitative estimate of drug-likeness (QED) is 0.840. The number of amides is 2. The van der Waals surface area contributed by atoms with Crippen LogP contribution in [-0.2, 0) is 9.53 Å². The van der Waals surface area contributed by atoms with E-state index in [0.717, 1.165) is 29.7 Å². The van der Waals surface area contributed by atoms with Crippen LogP contribution in [0.3, 0.4) is 0 Å². The van der Waals surface area contributed by atoms with Crippen LogP contribution in [0.5, 0.6) is 0 Å². The first kappa shape index (κ1) is 20.9. The van der Waals surface area contributed by atoms with Crippen molar-refractivity contribution in [1.82, 2.24) is 20.2 Å². The highest BCUT2D eigenvalue weighted by atomic mass is 16.5. The lowest BCUT2D eigenvalue weighted by atomic mass is 9.91. The number of hydrogen-bond donors (Lipinski definition) is 1. The van der Waals surface area contributed by atoms with E-state index in [0.29, 0.717) is 24.7 Å². The van der Waals surface area contributed by atoms with E-state index in [1.165, 1.54) is 0 Å². The molecular weight excluding hydrogens is 368 g/mol. The van der Waals surface area contributed by atoms with E-state index < -0.39 is 5.60 Å². The molecule has 1 N–H and O–H groups in total. The van der Waals surface area contributed by atoms with Crippen molar-refractivity contribution in [2.45, 2.75) is 38.2 Å². The summed E-state index contributed by atoms with van der Waals surface area (Å²) in [5.74, 6) is 0.172. The van der Waals surface area contributed by atoms with E-state index in [-0.39, 0.29) is 11.8 Å². The van der Waals surface area contributed by atoms with Crippen molar-refractivity contribution in [3.63, 3.8) is 0 Å². The van der Waals surface area contributed by atoms with Crippen molar-refractivity contribution in [2.75, 3.05) is 27.2 Å². The highest BCUT2D eigenvalue weighted by molar-refractivity contribution is 5.92. The number of ether oxygens (including phenoxy) is 1. The number of carbonyl (C=O) groups is 2. The lowest BCUT2D eigenvalue weighted by Gasteiger charge is -2.36. The Balaban J connectivity index is 1.63. The number of hydrogen-bond acceptors (Lipinski definition) is 5. The van der Waals surface area contributed by atoms with Gasteiger partial charge in [-0.1, -0.05) is 12.1 Å². The van der Waals surface area contributed by atoms with Crippen LogP contribution in [0.25, 0.3) is 11.1 Å². The molecule has 2 amide bonds. The summed E-state index contributed by atoms with van der Waals surface area (Å²) in [4.78, 5) is 34.9. The van der Waals surface area contributed by atoms with Gasteiger partial charge in [0.2, 0.25) is 0 Å². The predicted octanol–water partition coefficient (Wildman–Crippen LogP) is 2.63. The first-order valence-electron chi connectivity index (χ1n) is 9.84. The van der Waals surface area contributed by atoms with Crippen molar-refractivity contribution in [1.29, 1.82) is 0 Å². The maximum absolute atomic E-state index is 12.5. The summed E-state index contributed by atoms with van der Waals surface area (Å²) < 4.78 is 5.32.